The van der Waals surface area contributed by atoms with E-state index in [4.69, 9.17) is 5.10 Å². The normalized spacial score (nSPS) is 15.1. The molecule has 2 heterocycles. The van der Waals surface area contributed by atoms with Crippen molar-refractivity contribution in [2.75, 3.05) is 6.54 Å². The van der Waals surface area contributed by atoms with Crippen LogP contribution in [-0.4, -0.2) is 27.1 Å². The third-order valence-corrected chi connectivity index (χ3v) is 7.42. The van der Waals surface area contributed by atoms with Crippen molar-refractivity contribution in [2.24, 2.45) is 5.92 Å². The van der Waals surface area contributed by atoms with Gasteiger partial charge in [-0.15, -0.1) is 0 Å². The van der Waals surface area contributed by atoms with Gasteiger partial charge in [0, 0.05) is 12.1 Å². The molecule has 4 nitrogen and oxygen atoms in total. The van der Waals surface area contributed by atoms with Gasteiger partial charge in [-0.05, 0) is 54.9 Å². The average molecular weight is 492 g/mol. The summed E-state index contributed by atoms with van der Waals surface area (Å²) in [4.78, 5) is 16.8. The highest BCUT2D eigenvalue weighted by Crippen LogP contribution is 2.38. The minimum atomic E-state index is 0.0815. The molecule has 0 bridgehead atoms. The molecule has 0 saturated heterocycles. The summed E-state index contributed by atoms with van der Waals surface area (Å²) >= 11 is 0. The van der Waals surface area contributed by atoms with Gasteiger partial charge in [0.15, 0.2) is 0 Å². The predicted molar refractivity (Wildman–Crippen MR) is 151 cm³/mol. The number of nitrogens with zero attached hydrogens (tertiary/aromatic N) is 3. The zero-order valence-electron chi connectivity index (χ0n) is 22.2. The van der Waals surface area contributed by atoms with Crippen LogP contribution in [0, 0.1) is 5.92 Å². The van der Waals surface area contributed by atoms with Crippen LogP contribution in [0.15, 0.2) is 84.9 Å². The molecule has 0 aliphatic carbocycles. The first-order valence-corrected chi connectivity index (χ1v) is 13.7. The molecular weight excluding hydrogens is 454 g/mol. The van der Waals surface area contributed by atoms with E-state index in [-0.39, 0.29) is 11.9 Å². The summed E-state index contributed by atoms with van der Waals surface area (Å²) in [5, 5.41) is 5.10. The Morgan fingerprint density at radius 3 is 2.32 bits per heavy atom. The summed E-state index contributed by atoms with van der Waals surface area (Å²) < 4.78 is 2.00. The van der Waals surface area contributed by atoms with Crippen molar-refractivity contribution in [3.8, 4) is 16.9 Å². The van der Waals surface area contributed by atoms with Gasteiger partial charge in [0.2, 0.25) is 0 Å². The van der Waals surface area contributed by atoms with Crippen molar-refractivity contribution in [3.05, 3.63) is 107 Å². The fraction of sp³-hybridized carbons (Fsp3) is 0.333. The number of hydrogen-bond donors (Lipinski definition) is 0. The molecule has 190 valence electrons. The van der Waals surface area contributed by atoms with Gasteiger partial charge in [0.1, 0.15) is 5.69 Å². The number of fused-ring (bicyclic) bond motifs is 1. The molecule has 1 amide bonds. The monoisotopic (exact) mass is 491 g/mol. The molecule has 1 atom stereocenters. The van der Waals surface area contributed by atoms with Gasteiger partial charge in [-0.2, -0.15) is 5.10 Å². The second-order valence-electron chi connectivity index (χ2n) is 10.5. The topological polar surface area (TPSA) is 38.1 Å². The van der Waals surface area contributed by atoms with Gasteiger partial charge in [-0.3, -0.25) is 4.79 Å². The highest BCUT2D eigenvalue weighted by atomic mass is 16.2. The lowest BCUT2D eigenvalue weighted by Gasteiger charge is -2.38. The number of para-hydroxylation sites is 1. The second kappa shape index (κ2) is 11.2. The van der Waals surface area contributed by atoms with Crippen molar-refractivity contribution in [1.82, 2.24) is 14.7 Å². The van der Waals surface area contributed by atoms with Crippen molar-refractivity contribution in [1.29, 1.82) is 0 Å². The minimum Gasteiger partial charge on any atom is -0.331 e. The molecule has 5 rings (SSSR count). The number of amides is 1. The Hall–Kier alpha value is -3.66. The Morgan fingerprint density at radius 1 is 0.946 bits per heavy atom. The SMILES string of the molecule is CCCc1c(C(=O)N2CCc3ccccc3C2CCC(C)C)c(-c2ccccc2)nn1-c1ccccc1. The van der Waals surface area contributed by atoms with E-state index in [1.807, 2.05) is 41.1 Å². The lowest BCUT2D eigenvalue weighted by molar-refractivity contribution is 0.0643. The molecule has 0 radical (unpaired) electrons. The van der Waals surface area contributed by atoms with Gasteiger partial charge in [-0.1, -0.05) is 100.0 Å². The Bertz CT molecular complexity index is 1340. The van der Waals surface area contributed by atoms with Gasteiger partial charge >= 0.3 is 0 Å². The maximum atomic E-state index is 14.7. The van der Waals surface area contributed by atoms with Crippen molar-refractivity contribution >= 4 is 5.91 Å². The van der Waals surface area contributed by atoms with E-state index >= 15 is 0 Å². The summed E-state index contributed by atoms with van der Waals surface area (Å²) in [5.41, 5.74) is 7.18. The average Bonchev–Trinajstić information content (AvgIpc) is 3.31. The predicted octanol–water partition coefficient (Wildman–Crippen LogP) is 7.67. The quantitative estimate of drug-likeness (QED) is 0.254. The molecule has 0 fully saturated rings. The highest BCUT2D eigenvalue weighted by molar-refractivity contribution is 6.01. The van der Waals surface area contributed by atoms with Gasteiger partial charge < -0.3 is 4.90 Å². The Kier molecular flexibility index (Phi) is 7.55. The zero-order valence-corrected chi connectivity index (χ0v) is 22.2. The minimum absolute atomic E-state index is 0.0815. The standard InChI is InChI=1S/C33H37N3O/c1-4-13-30-31(32(26-15-7-5-8-16-26)34-36(30)27-17-9-6-10-18-27)33(37)35-23-22-25-14-11-12-19-28(25)29(35)21-20-24(2)3/h5-12,14-19,24,29H,4,13,20-23H2,1-3H3. The van der Waals surface area contributed by atoms with Crippen LogP contribution in [-0.2, 0) is 12.8 Å². The molecule has 37 heavy (non-hydrogen) atoms. The van der Waals surface area contributed by atoms with Crippen LogP contribution >= 0.6 is 0 Å². The third kappa shape index (κ3) is 5.11. The fourth-order valence-electron chi connectivity index (χ4n) is 5.57. The summed E-state index contributed by atoms with van der Waals surface area (Å²) in [6, 6.07) is 29.1. The maximum absolute atomic E-state index is 14.7. The maximum Gasteiger partial charge on any atom is 0.258 e. The van der Waals surface area contributed by atoms with Crippen molar-refractivity contribution in [3.63, 3.8) is 0 Å². The number of carbonyl (C=O) groups is 1. The largest absolute Gasteiger partial charge is 0.331 e. The van der Waals surface area contributed by atoms with Crippen molar-refractivity contribution < 1.29 is 4.79 Å². The second-order valence-corrected chi connectivity index (χ2v) is 10.5. The molecule has 0 N–H and O–H groups in total. The van der Waals surface area contributed by atoms with E-state index in [0.29, 0.717) is 5.92 Å². The molecule has 0 spiro atoms. The third-order valence-electron chi connectivity index (χ3n) is 7.42. The lowest BCUT2D eigenvalue weighted by atomic mass is 9.87. The molecule has 4 aromatic rings. The summed E-state index contributed by atoms with van der Waals surface area (Å²) in [7, 11) is 0. The Morgan fingerprint density at radius 2 is 1.62 bits per heavy atom. The van der Waals surface area contributed by atoms with E-state index in [9.17, 15) is 4.79 Å². The number of carbonyl (C=O) groups excluding carboxylic acids is 1. The smallest absolute Gasteiger partial charge is 0.258 e. The molecule has 1 aliphatic heterocycles. The van der Waals surface area contributed by atoms with Crippen LogP contribution in [0.1, 0.15) is 73.3 Å². The lowest BCUT2D eigenvalue weighted by Crippen LogP contribution is -2.40. The van der Waals surface area contributed by atoms with E-state index < -0.39 is 0 Å². The summed E-state index contributed by atoms with van der Waals surface area (Å²) in [6.07, 6.45) is 4.66. The Labute approximate surface area is 221 Å². The van der Waals surface area contributed by atoms with Crippen molar-refractivity contribution in [2.45, 2.75) is 58.9 Å². The fourth-order valence-corrected chi connectivity index (χ4v) is 5.57. The Balaban J connectivity index is 1.66. The number of hydrogen-bond acceptors (Lipinski definition) is 2. The van der Waals surface area contributed by atoms with Crippen LogP contribution < -0.4 is 0 Å². The van der Waals surface area contributed by atoms with Crippen LogP contribution in [0.25, 0.3) is 16.9 Å². The number of rotatable bonds is 8. The van der Waals surface area contributed by atoms with Gasteiger partial charge in [-0.25, -0.2) is 4.68 Å². The molecule has 0 saturated carbocycles. The number of aromatic nitrogens is 2. The molecule has 4 heteroatoms. The molecule has 3 aromatic carbocycles. The molecular formula is C33H37N3O. The molecule has 1 unspecified atom stereocenters. The van der Waals surface area contributed by atoms with Crippen LogP contribution in [0.3, 0.4) is 0 Å². The summed E-state index contributed by atoms with van der Waals surface area (Å²) in [6.45, 7) is 7.42. The van der Waals surface area contributed by atoms with Crippen LogP contribution in [0.5, 0.6) is 0 Å². The van der Waals surface area contributed by atoms with E-state index in [2.05, 4.69) is 74.2 Å². The first kappa shape index (κ1) is 25.0. The van der Waals surface area contributed by atoms with Gasteiger partial charge in [0.25, 0.3) is 5.91 Å². The van der Waals surface area contributed by atoms with E-state index in [1.54, 1.807) is 0 Å². The first-order valence-electron chi connectivity index (χ1n) is 13.7. The van der Waals surface area contributed by atoms with E-state index in [1.165, 1.54) is 11.1 Å². The van der Waals surface area contributed by atoms with Gasteiger partial charge in [0.05, 0.1) is 23.0 Å². The van der Waals surface area contributed by atoms with E-state index in [0.717, 1.165) is 66.9 Å². The molecule has 1 aliphatic rings. The first-order chi connectivity index (χ1) is 18.1. The highest BCUT2D eigenvalue weighted by Gasteiger charge is 2.35. The number of benzene rings is 3. The zero-order chi connectivity index (χ0) is 25.8. The van der Waals surface area contributed by atoms with Crippen LogP contribution in [0.2, 0.25) is 0 Å². The van der Waals surface area contributed by atoms with Crippen LogP contribution in [0.4, 0.5) is 0 Å². The molecule has 1 aromatic heterocycles. The summed E-state index contributed by atoms with van der Waals surface area (Å²) in [5.74, 6) is 0.690.